The number of benzene rings is 1. The van der Waals surface area contributed by atoms with Crippen molar-refractivity contribution in [2.24, 2.45) is 0 Å². The number of nitrogens with zero attached hydrogens (tertiary/aromatic N) is 3. The predicted molar refractivity (Wildman–Crippen MR) is 70.0 cm³/mol. The van der Waals surface area contributed by atoms with E-state index in [0.717, 1.165) is 5.56 Å². The number of aromatic nitrogens is 4. The first kappa shape index (κ1) is 11.3. The lowest BCUT2D eigenvalue weighted by Crippen LogP contribution is -2.31. The Morgan fingerprint density at radius 3 is 2.68 bits per heavy atom. The Morgan fingerprint density at radius 2 is 1.89 bits per heavy atom. The molecule has 0 aliphatic heterocycles. The van der Waals surface area contributed by atoms with E-state index in [4.69, 9.17) is 0 Å². The van der Waals surface area contributed by atoms with Crippen LogP contribution < -0.4 is 11.2 Å². The van der Waals surface area contributed by atoms with Gasteiger partial charge in [0.2, 0.25) is 0 Å². The Labute approximate surface area is 107 Å². The molecule has 3 rings (SSSR count). The van der Waals surface area contributed by atoms with Crippen molar-refractivity contribution in [3.63, 3.8) is 0 Å². The van der Waals surface area contributed by atoms with Crippen molar-refractivity contribution in [3.8, 4) is 0 Å². The highest BCUT2D eigenvalue weighted by Gasteiger charge is 2.08. The van der Waals surface area contributed by atoms with Crippen LogP contribution in [0.3, 0.4) is 0 Å². The van der Waals surface area contributed by atoms with Crippen LogP contribution in [0, 0.1) is 0 Å². The molecule has 0 amide bonds. The summed E-state index contributed by atoms with van der Waals surface area (Å²) >= 11 is 0. The number of rotatable bonds is 2. The van der Waals surface area contributed by atoms with Crippen molar-refractivity contribution in [1.29, 1.82) is 0 Å². The number of nitrogens with one attached hydrogen (secondary N) is 1. The normalized spacial score (nSPS) is 10.7. The van der Waals surface area contributed by atoms with Crippen LogP contribution in [-0.4, -0.2) is 19.7 Å². The first-order valence-electron chi connectivity index (χ1n) is 5.74. The summed E-state index contributed by atoms with van der Waals surface area (Å²) in [6, 6.07) is 11.0. The second-order valence-corrected chi connectivity index (χ2v) is 4.10. The Balaban J connectivity index is 2.24. The lowest BCUT2D eigenvalue weighted by atomic mass is 10.2. The summed E-state index contributed by atoms with van der Waals surface area (Å²) in [6.07, 6.45) is 1.43. The predicted octanol–water partition coefficient (Wildman–Crippen LogP) is 0.528. The third-order valence-electron chi connectivity index (χ3n) is 2.85. The maximum Gasteiger partial charge on any atom is 0.330 e. The van der Waals surface area contributed by atoms with Gasteiger partial charge in [0.1, 0.15) is 0 Å². The maximum atomic E-state index is 11.9. The molecule has 19 heavy (non-hydrogen) atoms. The number of aromatic amines is 1. The van der Waals surface area contributed by atoms with Gasteiger partial charge in [-0.3, -0.25) is 14.3 Å². The highest BCUT2D eigenvalue weighted by molar-refractivity contribution is 5.72. The zero-order valence-corrected chi connectivity index (χ0v) is 9.91. The van der Waals surface area contributed by atoms with Gasteiger partial charge in [0, 0.05) is 0 Å². The van der Waals surface area contributed by atoms with E-state index in [1.807, 2.05) is 30.3 Å². The number of hydrogen-bond acceptors (Lipinski definition) is 4. The standard InChI is InChI=1S/C13H10N4O2/c18-12-10-6-7-14-16-11(10)17(13(19)15-12)8-9-4-2-1-3-5-9/h1-7H,8H2,(H,15,18,19). The fraction of sp³-hybridized carbons (Fsp3) is 0.0769. The molecule has 0 aliphatic carbocycles. The molecule has 0 aliphatic rings. The van der Waals surface area contributed by atoms with Gasteiger partial charge in [0.25, 0.3) is 5.56 Å². The second-order valence-electron chi connectivity index (χ2n) is 4.10. The topological polar surface area (TPSA) is 80.6 Å². The first-order chi connectivity index (χ1) is 9.25. The van der Waals surface area contributed by atoms with Gasteiger partial charge in [0.15, 0.2) is 5.65 Å². The summed E-state index contributed by atoms with van der Waals surface area (Å²) < 4.78 is 1.40. The molecule has 0 fully saturated rings. The highest BCUT2D eigenvalue weighted by Crippen LogP contribution is 2.05. The van der Waals surface area contributed by atoms with E-state index >= 15 is 0 Å². The molecule has 6 nitrogen and oxygen atoms in total. The zero-order chi connectivity index (χ0) is 13.2. The summed E-state index contributed by atoms with van der Waals surface area (Å²) in [6.45, 7) is 0.339. The Hall–Kier alpha value is -2.76. The molecule has 0 spiro atoms. The quantitative estimate of drug-likeness (QED) is 0.723. The lowest BCUT2D eigenvalue weighted by Gasteiger charge is -2.07. The van der Waals surface area contributed by atoms with E-state index in [2.05, 4.69) is 15.2 Å². The molecule has 2 aromatic heterocycles. The molecule has 1 N–H and O–H groups in total. The molecule has 0 saturated carbocycles. The van der Waals surface area contributed by atoms with Gasteiger partial charge in [-0.1, -0.05) is 30.3 Å². The minimum atomic E-state index is -0.484. The number of hydrogen-bond donors (Lipinski definition) is 1. The second kappa shape index (κ2) is 4.49. The average Bonchev–Trinajstić information content (AvgIpc) is 2.45. The summed E-state index contributed by atoms with van der Waals surface area (Å²) in [5.41, 5.74) is 0.310. The van der Waals surface area contributed by atoms with Crippen LogP contribution >= 0.6 is 0 Å². The van der Waals surface area contributed by atoms with Crippen molar-refractivity contribution in [1.82, 2.24) is 19.7 Å². The largest absolute Gasteiger partial charge is 0.330 e. The van der Waals surface area contributed by atoms with Crippen LogP contribution in [0.5, 0.6) is 0 Å². The molecule has 0 radical (unpaired) electrons. The molecule has 94 valence electrons. The molecule has 0 saturated heterocycles. The van der Waals surface area contributed by atoms with Crippen molar-refractivity contribution in [3.05, 3.63) is 69.0 Å². The fourth-order valence-corrected chi connectivity index (χ4v) is 1.94. The lowest BCUT2D eigenvalue weighted by molar-refractivity contribution is 0.738. The summed E-state index contributed by atoms with van der Waals surface area (Å²) in [5.74, 6) is 0. The van der Waals surface area contributed by atoms with Crippen LogP contribution in [0.25, 0.3) is 11.0 Å². The van der Waals surface area contributed by atoms with Gasteiger partial charge < -0.3 is 0 Å². The molecule has 0 unspecified atom stereocenters. The highest BCUT2D eigenvalue weighted by atomic mass is 16.2. The van der Waals surface area contributed by atoms with E-state index < -0.39 is 11.2 Å². The smallest absolute Gasteiger partial charge is 0.273 e. The van der Waals surface area contributed by atoms with E-state index in [0.29, 0.717) is 17.6 Å². The monoisotopic (exact) mass is 254 g/mol. The number of H-pyrrole nitrogens is 1. The minimum Gasteiger partial charge on any atom is -0.273 e. The third kappa shape index (κ3) is 2.03. The van der Waals surface area contributed by atoms with Gasteiger partial charge in [-0.05, 0) is 11.6 Å². The fourth-order valence-electron chi connectivity index (χ4n) is 1.94. The summed E-state index contributed by atoms with van der Waals surface area (Å²) in [4.78, 5) is 25.9. The van der Waals surface area contributed by atoms with Gasteiger partial charge in [-0.15, -0.1) is 5.10 Å². The SMILES string of the molecule is O=c1[nH]c(=O)n(Cc2ccccc2)c2nnccc12. The Bertz CT molecular complexity index is 836. The van der Waals surface area contributed by atoms with Crippen LogP contribution in [-0.2, 0) is 6.54 Å². The van der Waals surface area contributed by atoms with Crippen LogP contribution in [0.2, 0.25) is 0 Å². The maximum absolute atomic E-state index is 11.9. The van der Waals surface area contributed by atoms with E-state index in [-0.39, 0.29) is 0 Å². The van der Waals surface area contributed by atoms with Crippen LogP contribution in [0.15, 0.2) is 52.2 Å². The Kier molecular flexibility index (Phi) is 2.68. The zero-order valence-electron chi connectivity index (χ0n) is 9.91. The molecule has 0 bridgehead atoms. The molecule has 3 aromatic rings. The van der Waals surface area contributed by atoms with Gasteiger partial charge in [0.05, 0.1) is 18.1 Å². The summed E-state index contributed by atoms with van der Waals surface area (Å²) in [7, 11) is 0. The molecule has 6 heteroatoms. The molecule has 1 aromatic carbocycles. The first-order valence-corrected chi connectivity index (χ1v) is 5.74. The van der Waals surface area contributed by atoms with Crippen LogP contribution in [0.1, 0.15) is 5.56 Å². The van der Waals surface area contributed by atoms with Crippen molar-refractivity contribution >= 4 is 11.0 Å². The van der Waals surface area contributed by atoms with Crippen molar-refractivity contribution in [2.75, 3.05) is 0 Å². The minimum absolute atomic E-state index is 0.292. The number of fused-ring (bicyclic) bond motifs is 1. The van der Waals surface area contributed by atoms with Gasteiger partial charge in [-0.2, -0.15) is 5.10 Å². The van der Waals surface area contributed by atoms with Crippen molar-refractivity contribution in [2.45, 2.75) is 6.54 Å². The third-order valence-corrected chi connectivity index (χ3v) is 2.85. The molecular weight excluding hydrogens is 244 g/mol. The average molecular weight is 254 g/mol. The molecule has 2 heterocycles. The van der Waals surface area contributed by atoms with E-state index in [9.17, 15) is 9.59 Å². The van der Waals surface area contributed by atoms with Gasteiger partial charge >= 0.3 is 5.69 Å². The Morgan fingerprint density at radius 1 is 1.11 bits per heavy atom. The van der Waals surface area contributed by atoms with Crippen LogP contribution in [0.4, 0.5) is 0 Å². The summed E-state index contributed by atoms with van der Waals surface area (Å²) in [5, 5.41) is 7.98. The van der Waals surface area contributed by atoms with Crippen molar-refractivity contribution < 1.29 is 0 Å². The molecular formula is C13H10N4O2. The van der Waals surface area contributed by atoms with Gasteiger partial charge in [-0.25, -0.2) is 4.79 Å². The molecule has 0 atom stereocenters. The van der Waals surface area contributed by atoms with E-state index in [1.165, 1.54) is 10.8 Å². The van der Waals surface area contributed by atoms with E-state index in [1.54, 1.807) is 6.07 Å².